The van der Waals surface area contributed by atoms with Crippen molar-refractivity contribution < 1.29 is 80.5 Å². The number of phenolic OH excluding ortho intramolecular Hbond substituents is 8. The van der Waals surface area contributed by atoms with Gasteiger partial charge in [-0.05, 0) is 95.1 Å². The van der Waals surface area contributed by atoms with E-state index in [1.165, 1.54) is 97.1 Å². The summed E-state index contributed by atoms with van der Waals surface area (Å²) in [6.45, 7) is 0. The Bertz CT molecular complexity index is 1700. The second-order valence-corrected chi connectivity index (χ2v) is 9.68. The normalized spacial score (nSPS) is 10.5. The van der Waals surface area contributed by atoms with Crippen LogP contribution >= 0.6 is 0 Å². The van der Waals surface area contributed by atoms with E-state index in [4.69, 9.17) is 61.3 Å². The molecule has 0 saturated carbocycles. The smallest absolute Gasteiger partial charge is 0.328 e. The first-order valence-corrected chi connectivity index (χ1v) is 14.1. The third kappa shape index (κ3) is 17.3. The summed E-state index contributed by atoms with van der Waals surface area (Å²) in [6, 6.07) is 16.2. The molecule has 0 bridgehead atoms. The van der Waals surface area contributed by atoms with Crippen molar-refractivity contribution >= 4 is 48.2 Å². The highest BCUT2D eigenvalue weighted by Gasteiger charge is 2.01. The Kier molecular flexibility index (Phi) is 17.2. The summed E-state index contributed by atoms with van der Waals surface area (Å²) in [7, 11) is 0. The van der Waals surface area contributed by atoms with E-state index in [0.717, 1.165) is 24.3 Å². The average Bonchev–Trinajstić information content (AvgIpc) is 3.07. The Balaban J connectivity index is 0.000000347. The minimum absolute atomic E-state index is 0.229. The molecule has 0 heterocycles. The molecule has 0 amide bonds. The molecule has 0 fully saturated rings. The molecule has 4 aromatic rings. The molecular weight excluding hydrogens is 688 g/mol. The lowest BCUT2D eigenvalue weighted by molar-refractivity contribution is -0.132. The minimum Gasteiger partial charge on any atom is -0.504 e. The highest BCUT2D eigenvalue weighted by Crippen LogP contribution is 2.27. The maximum Gasteiger partial charge on any atom is 0.328 e. The number of carbonyl (C=O) groups is 4. The second-order valence-electron chi connectivity index (χ2n) is 9.68. The van der Waals surface area contributed by atoms with Crippen molar-refractivity contribution in [3.05, 3.63) is 119 Å². The highest BCUT2D eigenvalue weighted by molar-refractivity contribution is 5.87. The number of rotatable bonds is 8. The molecule has 4 rings (SSSR count). The van der Waals surface area contributed by atoms with Gasteiger partial charge in [-0.2, -0.15) is 0 Å². The standard InChI is InChI=1S/4C9H8O4/c4*10-7-3-1-6(5-8(7)11)2-4-9(12)13/h4*1-5,10-11H,(H,12,13)/b2*4-2+;;. The van der Waals surface area contributed by atoms with E-state index >= 15 is 0 Å². The lowest BCUT2D eigenvalue weighted by atomic mass is 10.2. The maximum atomic E-state index is 10.1. The van der Waals surface area contributed by atoms with Gasteiger partial charge < -0.3 is 61.3 Å². The maximum absolute atomic E-state index is 10.1. The summed E-state index contributed by atoms with van der Waals surface area (Å²) in [6.07, 6.45) is 9.08. The van der Waals surface area contributed by atoms with Gasteiger partial charge in [0.05, 0.1) is 0 Å². The van der Waals surface area contributed by atoms with E-state index in [-0.39, 0.29) is 46.0 Å². The molecule has 0 saturated heterocycles. The van der Waals surface area contributed by atoms with Crippen LogP contribution in [0, 0.1) is 0 Å². The predicted octanol–water partition coefficient (Wildman–Crippen LogP) is 4.78. The topological polar surface area (TPSA) is 311 Å². The van der Waals surface area contributed by atoms with Crippen molar-refractivity contribution in [2.45, 2.75) is 0 Å². The minimum atomic E-state index is -1.06. The first kappa shape index (κ1) is 42.1. The van der Waals surface area contributed by atoms with Gasteiger partial charge in [0.25, 0.3) is 0 Å². The monoisotopic (exact) mass is 720 g/mol. The number of benzene rings is 4. The van der Waals surface area contributed by atoms with Gasteiger partial charge in [-0.25, -0.2) is 19.2 Å². The van der Waals surface area contributed by atoms with E-state index < -0.39 is 23.9 Å². The summed E-state index contributed by atoms with van der Waals surface area (Å²) in [5.41, 5.74) is 2.05. The lowest BCUT2D eigenvalue weighted by Gasteiger charge is -1.97. The fraction of sp³-hybridized carbons (Fsp3) is 0. The van der Waals surface area contributed by atoms with Crippen LogP contribution in [-0.4, -0.2) is 85.2 Å². The lowest BCUT2D eigenvalue weighted by Crippen LogP contribution is -1.85. The van der Waals surface area contributed by atoms with Crippen LogP contribution in [0.15, 0.2) is 97.1 Å². The number of carboxylic acids is 4. The third-order valence-corrected chi connectivity index (χ3v) is 5.67. The van der Waals surface area contributed by atoms with E-state index in [1.54, 1.807) is 0 Å². The zero-order chi connectivity index (χ0) is 39.4. The quantitative estimate of drug-likeness (QED) is 0.0860. The number of aromatic hydroxyl groups is 8. The number of carboxylic acid groups (broad SMARTS) is 4. The summed E-state index contributed by atoms with van der Waals surface area (Å²) in [5, 5.41) is 105. The molecular formula is C36H32O16. The van der Waals surface area contributed by atoms with Crippen molar-refractivity contribution in [1.82, 2.24) is 0 Å². The number of hydrogen-bond acceptors (Lipinski definition) is 12. The Morgan fingerprint density at radius 2 is 0.481 bits per heavy atom. The molecule has 0 aliphatic carbocycles. The van der Waals surface area contributed by atoms with Crippen LogP contribution in [0.25, 0.3) is 24.3 Å². The van der Waals surface area contributed by atoms with Crippen LogP contribution in [0.2, 0.25) is 0 Å². The fourth-order valence-electron chi connectivity index (χ4n) is 3.25. The number of aliphatic carboxylic acids is 4. The molecule has 0 aliphatic rings. The van der Waals surface area contributed by atoms with Crippen molar-refractivity contribution in [2.24, 2.45) is 0 Å². The van der Waals surface area contributed by atoms with Gasteiger partial charge >= 0.3 is 23.9 Å². The van der Waals surface area contributed by atoms with Gasteiger partial charge in [0, 0.05) is 24.3 Å². The molecule has 52 heavy (non-hydrogen) atoms. The molecule has 16 nitrogen and oxygen atoms in total. The largest absolute Gasteiger partial charge is 0.504 e. The molecule has 272 valence electrons. The predicted molar refractivity (Wildman–Crippen MR) is 186 cm³/mol. The number of phenols is 8. The first-order valence-electron chi connectivity index (χ1n) is 14.1. The Labute approximate surface area is 293 Å². The number of hydrogen-bond donors (Lipinski definition) is 12. The fourth-order valence-corrected chi connectivity index (χ4v) is 3.25. The Morgan fingerprint density at radius 1 is 0.308 bits per heavy atom. The molecule has 16 heteroatoms. The third-order valence-electron chi connectivity index (χ3n) is 5.67. The van der Waals surface area contributed by atoms with Crippen LogP contribution in [0.5, 0.6) is 46.0 Å². The van der Waals surface area contributed by atoms with E-state index in [9.17, 15) is 19.2 Å². The zero-order valence-corrected chi connectivity index (χ0v) is 26.5. The van der Waals surface area contributed by atoms with Gasteiger partial charge in [-0.3, -0.25) is 0 Å². The van der Waals surface area contributed by atoms with Gasteiger partial charge in [-0.1, -0.05) is 24.3 Å². The summed E-state index contributed by atoms with van der Waals surface area (Å²) in [5.74, 6) is -6.25. The van der Waals surface area contributed by atoms with E-state index in [2.05, 4.69) is 0 Å². The molecule has 0 aliphatic heterocycles. The molecule has 0 unspecified atom stereocenters. The summed E-state index contributed by atoms with van der Waals surface area (Å²) >= 11 is 0. The second kappa shape index (κ2) is 21.2. The molecule has 0 spiro atoms. The van der Waals surface area contributed by atoms with Crippen LogP contribution in [0.4, 0.5) is 0 Å². The van der Waals surface area contributed by atoms with Crippen LogP contribution in [0.1, 0.15) is 22.3 Å². The van der Waals surface area contributed by atoms with Crippen molar-refractivity contribution in [3.8, 4) is 46.0 Å². The van der Waals surface area contributed by atoms with Crippen molar-refractivity contribution in [3.63, 3.8) is 0 Å². The highest BCUT2D eigenvalue weighted by atomic mass is 16.4. The Hall–Kier alpha value is -7.88. The first-order chi connectivity index (χ1) is 24.4. The van der Waals surface area contributed by atoms with Crippen molar-refractivity contribution in [2.75, 3.05) is 0 Å². The summed E-state index contributed by atoms with van der Waals surface area (Å²) in [4.78, 5) is 40.5. The molecule has 0 aromatic heterocycles. The zero-order valence-electron chi connectivity index (χ0n) is 26.5. The molecule has 4 aromatic carbocycles. The molecule has 0 atom stereocenters. The van der Waals surface area contributed by atoms with Crippen LogP contribution in [0.3, 0.4) is 0 Å². The van der Waals surface area contributed by atoms with E-state index in [1.807, 2.05) is 0 Å². The molecule has 0 radical (unpaired) electrons. The van der Waals surface area contributed by atoms with Crippen LogP contribution in [-0.2, 0) is 19.2 Å². The van der Waals surface area contributed by atoms with Crippen LogP contribution < -0.4 is 0 Å². The van der Waals surface area contributed by atoms with Gasteiger partial charge in [0.1, 0.15) is 0 Å². The SMILES string of the molecule is O=C(O)/C=C/c1ccc(O)c(O)c1.O=C(O)/C=C/c1ccc(O)c(O)c1.O=C(O)C=Cc1ccc(O)c(O)c1.O=C(O)C=Cc1ccc(O)c(O)c1. The summed E-state index contributed by atoms with van der Waals surface area (Å²) < 4.78 is 0. The Morgan fingerprint density at radius 3 is 0.615 bits per heavy atom. The van der Waals surface area contributed by atoms with Gasteiger partial charge in [0.2, 0.25) is 0 Å². The molecule has 12 N–H and O–H groups in total. The average molecular weight is 721 g/mol. The van der Waals surface area contributed by atoms with E-state index in [0.29, 0.717) is 22.3 Å². The van der Waals surface area contributed by atoms with Crippen molar-refractivity contribution in [1.29, 1.82) is 0 Å². The van der Waals surface area contributed by atoms with Gasteiger partial charge in [-0.15, -0.1) is 0 Å². The van der Waals surface area contributed by atoms with Gasteiger partial charge in [0.15, 0.2) is 46.0 Å².